The van der Waals surface area contributed by atoms with Crippen molar-refractivity contribution in [3.05, 3.63) is 12.4 Å². The van der Waals surface area contributed by atoms with Crippen molar-refractivity contribution >= 4 is 11.8 Å². The summed E-state index contributed by atoms with van der Waals surface area (Å²) in [4.78, 5) is 25.3. The zero-order valence-electron chi connectivity index (χ0n) is 14.0. The van der Waals surface area contributed by atoms with Gasteiger partial charge in [0, 0.05) is 0 Å². The minimum atomic E-state index is -0.973. The third-order valence-corrected chi connectivity index (χ3v) is 5.25. The number of alkyl halides is 1. The van der Waals surface area contributed by atoms with E-state index in [1.165, 1.54) is 19.3 Å². The fourth-order valence-corrected chi connectivity index (χ4v) is 3.92. The van der Waals surface area contributed by atoms with Gasteiger partial charge in [-0.2, -0.15) is 0 Å². The Morgan fingerprint density at radius 2 is 1.61 bits per heavy atom. The third-order valence-electron chi connectivity index (χ3n) is 5.25. The van der Waals surface area contributed by atoms with Crippen molar-refractivity contribution in [2.45, 2.75) is 70.6 Å². The van der Waals surface area contributed by atoms with Crippen LogP contribution in [-0.2, 0) is 9.59 Å². The number of halogens is 1. The second-order valence-electron chi connectivity index (χ2n) is 7.03. The summed E-state index contributed by atoms with van der Waals surface area (Å²) >= 11 is 0. The van der Waals surface area contributed by atoms with E-state index >= 15 is 0 Å². The van der Waals surface area contributed by atoms with Crippen molar-refractivity contribution in [1.29, 1.82) is 0 Å². The normalized spacial score (nSPS) is 21.9. The monoisotopic (exact) mass is 324 g/mol. The van der Waals surface area contributed by atoms with Gasteiger partial charge in [-0.05, 0) is 25.2 Å². The fraction of sp³-hybridized carbons (Fsp3) is 0.778. The molecule has 2 N–H and O–H groups in total. The van der Waals surface area contributed by atoms with Crippen LogP contribution in [0.25, 0.3) is 0 Å². The van der Waals surface area contributed by atoms with Crippen molar-refractivity contribution in [2.24, 2.45) is 11.3 Å². The number of carbonyl (C=O) groups excluding carboxylic acids is 2. The summed E-state index contributed by atoms with van der Waals surface area (Å²) in [5.74, 6) is 0.304. The Morgan fingerprint density at radius 3 is 2.22 bits per heavy atom. The molecule has 0 aromatic carbocycles. The minimum Gasteiger partial charge on any atom is -0.312 e. The molecule has 1 saturated carbocycles. The molecule has 23 heavy (non-hydrogen) atoms. The van der Waals surface area contributed by atoms with Crippen LogP contribution in [-0.4, -0.2) is 18.5 Å². The first-order chi connectivity index (χ1) is 11.1. The smallest absolute Gasteiger partial charge is 0.241 e. The van der Waals surface area contributed by atoms with Gasteiger partial charge in [-0.15, -0.1) is 0 Å². The quantitative estimate of drug-likeness (QED) is 0.529. The highest BCUT2D eigenvalue weighted by Gasteiger charge is 2.49. The van der Waals surface area contributed by atoms with Crippen LogP contribution in [0.1, 0.15) is 70.6 Å². The molecule has 0 spiro atoms. The van der Waals surface area contributed by atoms with Gasteiger partial charge in [0.1, 0.15) is 11.2 Å². The van der Waals surface area contributed by atoms with E-state index in [0.29, 0.717) is 25.2 Å². The van der Waals surface area contributed by atoms with Crippen molar-refractivity contribution in [1.82, 2.24) is 10.6 Å². The predicted molar refractivity (Wildman–Crippen MR) is 88.1 cm³/mol. The molecule has 1 heterocycles. The fourth-order valence-electron chi connectivity index (χ4n) is 3.92. The molecule has 2 aliphatic rings. The van der Waals surface area contributed by atoms with Crippen LogP contribution < -0.4 is 10.6 Å². The molecule has 0 aromatic heterocycles. The summed E-state index contributed by atoms with van der Waals surface area (Å²) in [6.45, 7) is 3.35. The molecular formula is C18H29FN2O2. The van der Waals surface area contributed by atoms with Crippen LogP contribution >= 0.6 is 0 Å². The van der Waals surface area contributed by atoms with E-state index in [1.807, 2.05) is 0 Å². The number of carbonyl (C=O) groups is 2. The molecule has 2 rings (SSSR count). The number of rotatable bonds is 8. The first kappa shape index (κ1) is 18.0. The highest BCUT2D eigenvalue weighted by Crippen LogP contribution is 2.40. The van der Waals surface area contributed by atoms with Crippen LogP contribution in [0, 0.1) is 11.3 Å². The number of unbranched alkanes of at least 4 members (excludes halogenated alkanes) is 3. The molecule has 1 saturated heterocycles. The maximum absolute atomic E-state index is 12.6. The lowest BCUT2D eigenvalue weighted by atomic mass is 9.69. The molecule has 0 atom stereocenters. The van der Waals surface area contributed by atoms with Crippen LogP contribution in [0.5, 0.6) is 0 Å². The minimum absolute atomic E-state index is 0.206. The van der Waals surface area contributed by atoms with Gasteiger partial charge in [0.15, 0.2) is 0 Å². The number of hydrogen-bond acceptors (Lipinski definition) is 2. The van der Waals surface area contributed by atoms with E-state index in [9.17, 15) is 14.0 Å². The van der Waals surface area contributed by atoms with Crippen LogP contribution in [0.15, 0.2) is 12.4 Å². The van der Waals surface area contributed by atoms with Crippen molar-refractivity contribution < 1.29 is 14.0 Å². The molecule has 0 aromatic rings. The molecule has 1 aliphatic carbocycles. The van der Waals surface area contributed by atoms with E-state index in [1.54, 1.807) is 0 Å². The topological polar surface area (TPSA) is 58.2 Å². The Morgan fingerprint density at radius 1 is 1.00 bits per heavy atom. The lowest BCUT2D eigenvalue weighted by molar-refractivity contribution is -0.148. The predicted octanol–water partition coefficient (Wildman–Crippen LogP) is 3.58. The summed E-state index contributed by atoms with van der Waals surface area (Å²) in [6.07, 6.45) is 10.0. The molecule has 2 amide bonds. The summed E-state index contributed by atoms with van der Waals surface area (Å²) < 4.78 is 12.2. The van der Waals surface area contributed by atoms with E-state index in [0.717, 1.165) is 32.1 Å². The van der Waals surface area contributed by atoms with Gasteiger partial charge in [0.25, 0.3) is 0 Å². The van der Waals surface area contributed by atoms with Gasteiger partial charge in [0.2, 0.25) is 11.8 Å². The van der Waals surface area contributed by atoms with Gasteiger partial charge in [-0.3, -0.25) is 14.0 Å². The largest absolute Gasteiger partial charge is 0.312 e. The standard InChI is InChI=1S/C18H29FN2O2/c1-14-20-16(22)18(17(23)21-14,11-7-2-3-8-12-19)13-15-9-5-4-6-10-15/h15H,1-13H2,(H,20,22)(H,21,23). The summed E-state index contributed by atoms with van der Waals surface area (Å²) in [5, 5.41) is 5.43. The molecule has 5 heteroatoms. The summed E-state index contributed by atoms with van der Waals surface area (Å²) in [6, 6.07) is 0. The molecule has 0 radical (unpaired) electrons. The average molecular weight is 324 g/mol. The van der Waals surface area contributed by atoms with E-state index in [-0.39, 0.29) is 24.3 Å². The van der Waals surface area contributed by atoms with Gasteiger partial charge in [-0.1, -0.05) is 57.9 Å². The molecule has 0 unspecified atom stereocenters. The number of nitrogens with one attached hydrogen (secondary N) is 2. The summed E-state index contributed by atoms with van der Waals surface area (Å²) in [7, 11) is 0. The van der Waals surface area contributed by atoms with E-state index < -0.39 is 5.41 Å². The Labute approximate surface area is 138 Å². The number of hydrogen-bond donors (Lipinski definition) is 2. The maximum Gasteiger partial charge on any atom is 0.241 e. The lowest BCUT2D eigenvalue weighted by Crippen LogP contribution is -2.58. The molecule has 2 fully saturated rings. The van der Waals surface area contributed by atoms with Gasteiger partial charge < -0.3 is 10.6 Å². The zero-order chi connectivity index (χ0) is 16.7. The molecule has 1 aliphatic heterocycles. The lowest BCUT2D eigenvalue weighted by Gasteiger charge is -2.39. The Balaban J connectivity index is 2.04. The van der Waals surface area contributed by atoms with E-state index in [2.05, 4.69) is 17.2 Å². The highest BCUT2D eigenvalue weighted by atomic mass is 19.1. The van der Waals surface area contributed by atoms with Crippen molar-refractivity contribution in [3.8, 4) is 0 Å². The van der Waals surface area contributed by atoms with Gasteiger partial charge in [-0.25, -0.2) is 0 Å². The SMILES string of the molecule is C=C1NC(=O)C(CCCCCCF)(CC2CCCCC2)C(=O)N1. The second-order valence-corrected chi connectivity index (χ2v) is 7.03. The molecule has 4 nitrogen and oxygen atoms in total. The first-order valence-electron chi connectivity index (χ1n) is 8.96. The highest BCUT2D eigenvalue weighted by molar-refractivity contribution is 6.08. The molecule has 0 bridgehead atoms. The number of amides is 2. The van der Waals surface area contributed by atoms with Gasteiger partial charge >= 0.3 is 0 Å². The molecular weight excluding hydrogens is 295 g/mol. The van der Waals surface area contributed by atoms with Crippen molar-refractivity contribution in [3.63, 3.8) is 0 Å². The van der Waals surface area contributed by atoms with Crippen LogP contribution in [0.4, 0.5) is 4.39 Å². The average Bonchev–Trinajstić information content (AvgIpc) is 2.53. The zero-order valence-corrected chi connectivity index (χ0v) is 14.0. The third kappa shape index (κ3) is 4.55. The first-order valence-corrected chi connectivity index (χ1v) is 8.96. The Kier molecular flexibility index (Phi) is 6.60. The summed E-state index contributed by atoms with van der Waals surface area (Å²) in [5.41, 5.74) is -0.973. The van der Waals surface area contributed by atoms with Gasteiger partial charge in [0.05, 0.1) is 6.67 Å². The second kappa shape index (κ2) is 8.46. The van der Waals surface area contributed by atoms with Crippen molar-refractivity contribution in [2.75, 3.05) is 6.67 Å². The van der Waals surface area contributed by atoms with Crippen LogP contribution in [0.3, 0.4) is 0 Å². The Bertz CT molecular complexity index is 424. The van der Waals surface area contributed by atoms with Crippen LogP contribution in [0.2, 0.25) is 0 Å². The molecule has 130 valence electrons. The van der Waals surface area contributed by atoms with E-state index in [4.69, 9.17) is 0 Å². The maximum atomic E-state index is 12.6. The Hall–Kier alpha value is -1.39.